The first kappa shape index (κ1) is 20.1. The zero-order chi connectivity index (χ0) is 21.1. The summed E-state index contributed by atoms with van der Waals surface area (Å²) in [5.41, 5.74) is 2.20. The number of pyridine rings is 1. The Kier molecular flexibility index (Phi) is 5.78. The van der Waals surface area contributed by atoms with E-state index in [0.717, 1.165) is 17.1 Å². The molecule has 0 aliphatic carbocycles. The molecule has 0 radical (unpaired) electrons. The lowest BCUT2D eigenvalue weighted by molar-refractivity contribution is 0.201. The first-order valence-electron chi connectivity index (χ1n) is 9.31. The van der Waals surface area contributed by atoms with Gasteiger partial charge < -0.3 is 20.1 Å². The Morgan fingerprint density at radius 2 is 2.13 bits per heavy atom. The fraction of sp³-hybridized carbons (Fsp3) is 0.190. The molecule has 0 unspecified atom stereocenters. The zero-order valence-electron chi connectivity index (χ0n) is 16.1. The summed E-state index contributed by atoms with van der Waals surface area (Å²) >= 11 is 6.06. The number of halogens is 2. The van der Waals surface area contributed by atoms with E-state index in [9.17, 15) is 4.39 Å². The molecule has 1 aromatic carbocycles. The summed E-state index contributed by atoms with van der Waals surface area (Å²) in [6, 6.07) is 8.88. The number of H-pyrrole nitrogens is 1. The van der Waals surface area contributed by atoms with Crippen LogP contribution in [-0.4, -0.2) is 38.3 Å². The van der Waals surface area contributed by atoms with Crippen LogP contribution in [0.3, 0.4) is 0 Å². The standard InChI is InChI=1S/C21H19ClFN5O2/c1-12(13-3-2-4-15(7-13)30-6-5-29)27-21-18(23)11-26-20(28-21)17-10-25-19-16(17)8-14(22)9-24-19/h2-4,7-12,29H,5-6H2,1H3,(H,24,25)(H,26,27,28)/t12-/m0/s1. The molecule has 0 bridgehead atoms. The molecule has 0 amide bonds. The summed E-state index contributed by atoms with van der Waals surface area (Å²) in [7, 11) is 0. The average molecular weight is 428 g/mol. The number of hydrogen-bond acceptors (Lipinski definition) is 6. The molecule has 154 valence electrons. The molecular formula is C21H19ClFN5O2. The van der Waals surface area contributed by atoms with E-state index in [1.807, 2.05) is 25.1 Å². The molecule has 4 aromatic rings. The zero-order valence-corrected chi connectivity index (χ0v) is 16.8. The van der Waals surface area contributed by atoms with Gasteiger partial charge >= 0.3 is 0 Å². The summed E-state index contributed by atoms with van der Waals surface area (Å²) < 4.78 is 19.9. The van der Waals surface area contributed by atoms with Gasteiger partial charge in [0.25, 0.3) is 0 Å². The Bertz CT molecular complexity index is 1180. The fourth-order valence-corrected chi connectivity index (χ4v) is 3.24. The SMILES string of the molecule is C[C@H](Nc1nc(-c2c[nH]c3ncc(Cl)cc23)ncc1F)c1cccc(OCCO)c1. The lowest BCUT2D eigenvalue weighted by Crippen LogP contribution is -2.11. The second kappa shape index (κ2) is 8.64. The summed E-state index contributed by atoms with van der Waals surface area (Å²) in [5, 5.41) is 13.2. The molecule has 3 aromatic heterocycles. The van der Waals surface area contributed by atoms with E-state index in [4.69, 9.17) is 21.4 Å². The second-order valence-corrected chi connectivity index (χ2v) is 7.09. The van der Waals surface area contributed by atoms with Gasteiger partial charge in [0.2, 0.25) is 0 Å². The van der Waals surface area contributed by atoms with Crippen LogP contribution in [0.5, 0.6) is 5.75 Å². The lowest BCUT2D eigenvalue weighted by Gasteiger charge is -2.17. The number of aliphatic hydroxyl groups is 1. The van der Waals surface area contributed by atoms with E-state index < -0.39 is 5.82 Å². The number of aromatic amines is 1. The van der Waals surface area contributed by atoms with Crippen molar-refractivity contribution < 1.29 is 14.2 Å². The molecule has 9 heteroatoms. The highest BCUT2D eigenvalue weighted by Crippen LogP contribution is 2.29. The van der Waals surface area contributed by atoms with Gasteiger partial charge in [0.05, 0.1) is 23.9 Å². The van der Waals surface area contributed by atoms with Crippen molar-refractivity contribution in [3.05, 3.63) is 65.3 Å². The third-order valence-electron chi connectivity index (χ3n) is 4.55. The number of anilines is 1. The third-order valence-corrected chi connectivity index (χ3v) is 4.76. The highest BCUT2D eigenvalue weighted by Gasteiger charge is 2.16. The molecule has 3 heterocycles. The number of nitrogens with one attached hydrogen (secondary N) is 2. The van der Waals surface area contributed by atoms with Crippen molar-refractivity contribution in [1.29, 1.82) is 0 Å². The first-order chi connectivity index (χ1) is 14.5. The lowest BCUT2D eigenvalue weighted by atomic mass is 10.1. The molecule has 0 aliphatic heterocycles. The van der Waals surface area contributed by atoms with E-state index in [2.05, 4.69) is 25.3 Å². The quantitative estimate of drug-likeness (QED) is 0.405. The van der Waals surface area contributed by atoms with Gasteiger partial charge in [0.15, 0.2) is 17.5 Å². The second-order valence-electron chi connectivity index (χ2n) is 6.65. The first-order valence-corrected chi connectivity index (χ1v) is 9.68. The van der Waals surface area contributed by atoms with Crippen molar-refractivity contribution >= 4 is 28.5 Å². The molecule has 0 aliphatic rings. The largest absolute Gasteiger partial charge is 0.491 e. The Labute approximate surface area is 176 Å². The number of benzene rings is 1. The Morgan fingerprint density at radius 3 is 2.97 bits per heavy atom. The van der Waals surface area contributed by atoms with Crippen molar-refractivity contribution in [2.75, 3.05) is 18.5 Å². The van der Waals surface area contributed by atoms with Gasteiger partial charge in [0, 0.05) is 23.3 Å². The van der Waals surface area contributed by atoms with Gasteiger partial charge in [-0.15, -0.1) is 0 Å². The Hall–Kier alpha value is -3.23. The number of hydrogen-bond donors (Lipinski definition) is 3. The van der Waals surface area contributed by atoms with E-state index >= 15 is 0 Å². The summed E-state index contributed by atoms with van der Waals surface area (Å²) in [6.45, 7) is 2.03. The number of fused-ring (bicyclic) bond motifs is 1. The predicted octanol–water partition coefficient (Wildman–Crippen LogP) is 4.36. The monoisotopic (exact) mass is 427 g/mol. The van der Waals surface area contributed by atoms with Crippen LogP contribution in [0.25, 0.3) is 22.4 Å². The van der Waals surface area contributed by atoms with Crippen molar-refractivity contribution in [3.63, 3.8) is 0 Å². The highest BCUT2D eigenvalue weighted by atomic mass is 35.5. The maximum atomic E-state index is 14.4. The minimum absolute atomic E-state index is 0.0679. The van der Waals surface area contributed by atoms with Crippen LogP contribution in [0.2, 0.25) is 5.02 Å². The number of ether oxygens (including phenoxy) is 1. The minimum atomic E-state index is -0.561. The molecule has 30 heavy (non-hydrogen) atoms. The topological polar surface area (TPSA) is 96.0 Å². The number of rotatable bonds is 7. The fourth-order valence-electron chi connectivity index (χ4n) is 3.09. The maximum absolute atomic E-state index is 14.4. The van der Waals surface area contributed by atoms with Crippen molar-refractivity contribution in [3.8, 4) is 17.1 Å². The van der Waals surface area contributed by atoms with Crippen LogP contribution < -0.4 is 10.1 Å². The molecule has 0 saturated heterocycles. The van der Waals surface area contributed by atoms with Gasteiger partial charge in [-0.25, -0.2) is 19.3 Å². The van der Waals surface area contributed by atoms with Gasteiger partial charge in [-0.2, -0.15) is 0 Å². The van der Waals surface area contributed by atoms with Crippen LogP contribution in [0, 0.1) is 5.82 Å². The maximum Gasteiger partial charge on any atom is 0.183 e. The molecule has 0 spiro atoms. The van der Waals surface area contributed by atoms with E-state index in [1.165, 1.54) is 0 Å². The van der Waals surface area contributed by atoms with Crippen molar-refractivity contribution in [2.24, 2.45) is 0 Å². The summed E-state index contributed by atoms with van der Waals surface area (Å²) in [5.74, 6) is 0.497. The van der Waals surface area contributed by atoms with E-state index in [0.29, 0.717) is 27.8 Å². The van der Waals surface area contributed by atoms with Gasteiger partial charge in [-0.1, -0.05) is 23.7 Å². The molecule has 0 saturated carbocycles. The van der Waals surface area contributed by atoms with E-state index in [-0.39, 0.29) is 25.1 Å². The molecule has 1 atom stereocenters. The average Bonchev–Trinajstić information content (AvgIpc) is 3.17. The molecular weight excluding hydrogens is 409 g/mol. The Balaban J connectivity index is 1.61. The predicted molar refractivity (Wildman–Crippen MR) is 113 cm³/mol. The van der Waals surface area contributed by atoms with Crippen LogP contribution in [0.1, 0.15) is 18.5 Å². The molecule has 3 N–H and O–H groups in total. The molecule has 0 fully saturated rings. The molecule has 4 rings (SSSR count). The van der Waals surface area contributed by atoms with Gasteiger partial charge in [-0.05, 0) is 30.7 Å². The van der Waals surface area contributed by atoms with Gasteiger partial charge in [-0.3, -0.25) is 0 Å². The summed E-state index contributed by atoms with van der Waals surface area (Å²) in [4.78, 5) is 15.8. The number of nitrogens with zero attached hydrogens (tertiary/aromatic N) is 3. The van der Waals surface area contributed by atoms with Crippen molar-refractivity contribution in [1.82, 2.24) is 19.9 Å². The van der Waals surface area contributed by atoms with Gasteiger partial charge in [0.1, 0.15) is 18.0 Å². The smallest absolute Gasteiger partial charge is 0.183 e. The van der Waals surface area contributed by atoms with Crippen LogP contribution in [0.15, 0.2) is 48.9 Å². The molecule has 7 nitrogen and oxygen atoms in total. The van der Waals surface area contributed by atoms with Crippen LogP contribution in [0.4, 0.5) is 10.2 Å². The third kappa shape index (κ3) is 4.19. The van der Waals surface area contributed by atoms with Crippen LogP contribution >= 0.6 is 11.6 Å². The normalized spacial score (nSPS) is 12.1. The Morgan fingerprint density at radius 1 is 1.27 bits per heavy atom. The number of aromatic nitrogens is 4. The van der Waals surface area contributed by atoms with E-state index in [1.54, 1.807) is 24.5 Å². The van der Waals surface area contributed by atoms with Crippen molar-refractivity contribution in [2.45, 2.75) is 13.0 Å². The minimum Gasteiger partial charge on any atom is -0.491 e. The van der Waals surface area contributed by atoms with Crippen LogP contribution in [-0.2, 0) is 0 Å². The highest BCUT2D eigenvalue weighted by molar-refractivity contribution is 6.31. The number of aliphatic hydroxyl groups excluding tert-OH is 1. The summed E-state index contributed by atoms with van der Waals surface area (Å²) in [6.07, 6.45) is 4.40.